The van der Waals surface area contributed by atoms with Crippen LogP contribution in [0.25, 0.3) is 0 Å². The van der Waals surface area contributed by atoms with Gasteiger partial charge in [0.1, 0.15) is 6.61 Å². The van der Waals surface area contributed by atoms with E-state index in [-0.39, 0.29) is 25.2 Å². The third kappa shape index (κ3) is 49.3. The number of aliphatic hydroxyl groups is 1. The number of unbranched alkanes of at least 4 members (excludes halogenated alkanes) is 41. The molecule has 5 nitrogen and oxygen atoms in total. The predicted molar refractivity (Wildman–Crippen MR) is 261 cm³/mol. The zero-order valence-corrected chi connectivity index (χ0v) is 40.8. The van der Waals surface area contributed by atoms with E-state index in [1.807, 2.05) is 0 Å². The summed E-state index contributed by atoms with van der Waals surface area (Å²) in [4.78, 5) is 24.5. The third-order valence-corrected chi connectivity index (χ3v) is 12.6. The van der Waals surface area contributed by atoms with Crippen molar-refractivity contribution in [2.45, 2.75) is 315 Å². The van der Waals surface area contributed by atoms with Crippen LogP contribution in [0.1, 0.15) is 309 Å². The summed E-state index contributed by atoms with van der Waals surface area (Å²) in [5.74, 6) is -0.569. The quantitative estimate of drug-likeness (QED) is 0.0375. The van der Waals surface area contributed by atoms with Crippen LogP contribution in [-0.2, 0) is 19.1 Å². The molecule has 0 spiro atoms. The summed E-state index contributed by atoms with van der Waals surface area (Å²) in [6, 6.07) is 0. The van der Waals surface area contributed by atoms with E-state index in [0.717, 1.165) is 32.1 Å². The van der Waals surface area contributed by atoms with Gasteiger partial charge in [-0.3, -0.25) is 9.59 Å². The summed E-state index contributed by atoms with van der Waals surface area (Å²) in [6.07, 6.45) is 63.2. The summed E-state index contributed by atoms with van der Waals surface area (Å²) < 4.78 is 10.7. The minimum Gasteiger partial charge on any atom is -0.462 e. The number of carbonyl (C=O) groups excluding carboxylic acids is 2. The molecule has 1 atom stereocenters. The van der Waals surface area contributed by atoms with Crippen LogP contribution in [0.5, 0.6) is 0 Å². The van der Waals surface area contributed by atoms with Gasteiger partial charge in [-0.1, -0.05) is 270 Å². The number of hydrogen-bond acceptors (Lipinski definition) is 5. The van der Waals surface area contributed by atoms with Crippen molar-refractivity contribution in [3.05, 3.63) is 12.2 Å². The molecule has 1 unspecified atom stereocenters. The summed E-state index contributed by atoms with van der Waals surface area (Å²) >= 11 is 0. The molecule has 0 amide bonds. The Morgan fingerprint density at radius 3 is 0.900 bits per heavy atom. The van der Waals surface area contributed by atoms with E-state index in [2.05, 4.69) is 26.0 Å². The highest BCUT2D eigenvalue weighted by Crippen LogP contribution is 2.17. The normalized spacial score (nSPS) is 12.1. The van der Waals surface area contributed by atoms with Gasteiger partial charge in [-0.15, -0.1) is 0 Å². The minimum absolute atomic E-state index is 0.0578. The first kappa shape index (κ1) is 58.6. The number of ether oxygens (including phenoxy) is 2. The van der Waals surface area contributed by atoms with Gasteiger partial charge in [-0.05, 0) is 38.5 Å². The molecular formula is C55H106O5. The molecule has 0 aliphatic rings. The molecule has 0 fully saturated rings. The molecule has 0 heterocycles. The molecule has 0 aliphatic heterocycles. The van der Waals surface area contributed by atoms with Gasteiger partial charge in [0.05, 0.1) is 6.61 Å². The molecule has 5 heteroatoms. The number of rotatable bonds is 51. The van der Waals surface area contributed by atoms with Crippen LogP contribution in [0.4, 0.5) is 0 Å². The van der Waals surface area contributed by atoms with Crippen molar-refractivity contribution in [2.24, 2.45) is 0 Å². The fourth-order valence-corrected chi connectivity index (χ4v) is 8.44. The van der Waals surface area contributed by atoms with Gasteiger partial charge in [0.2, 0.25) is 0 Å². The number of aliphatic hydroxyl groups excluding tert-OH is 1. The van der Waals surface area contributed by atoms with Crippen molar-refractivity contribution in [3.8, 4) is 0 Å². The van der Waals surface area contributed by atoms with Gasteiger partial charge in [0, 0.05) is 12.8 Å². The minimum atomic E-state index is -0.766. The van der Waals surface area contributed by atoms with Crippen molar-refractivity contribution in [3.63, 3.8) is 0 Å². The largest absolute Gasteiger partial charge is 0.462 e. The van der Waals surface area contributed by atoms with E-state index in [1.165, 1.54) is 250 Å². The van der Waals surface area contributed by atoms with Crippen molar-refractivity contribution in [1.29, 1.82) is 0 Å². The molecule has 1 N–H and O–H groups in total. The van der Waals surface area contributed by atoms with E-state index in [9.17, 15) is 14.7 Å². The zero-order chi connectivity index (χ0) is 43.5. The van der Waals surface area contributed by atoms with Gasteiger partial charge in [0.25, 0.3) is 0 Å². The summed E-state index contributed by atoms with van der Waals surface area (Å²) in [7, 11) is 0. The third-order valence-electron chi connectivity index (χ3n) is 12.6. The van der Waals surface area contributed by atoms with Crippen LogP contribution in [0.2, 0.25) is 0 Å². The van der Waals surface area contributed by atoms with Crippen LogP contribution >= 0.6 is 0 Å². The molecule has 0 aromatic heterocycles. The van der Waals surface area contributed by atoms with Crippen molar-refractivity contribution >= 4 is 11.9 Å². The molecule has 0 aliphatic carbocycles. The standard InChI is InChI=1S/C55H106O5/c1-3-5-7-9-11-13-15-17-19-21-23-24-25-26-27-28-29-30-32-34-36-38-40-42-44-46-48-50-55(58)60-53(51-56)52-59-54(57)49-47-45-43-41-39-37-35-33-31-22-20-18-16-14-12-10-8-6-4-2/h21,23,53,56H,3-20,22,24-52H2,1-2H3/b23-21-. The lowest BCUT2D eigenvalue weighted by molar-refractivity contribution is -0.161. The summed E-state index contributed by atoms with van der Waals surface area (Å²) in [6.45, 7) is 4.19. The molecule has 0 saturated heterocycles. The zero-order valence-electron chi connectivity index (χ0n) is 40.8. The summed E-state index contributed by atoms with van der Waals surface area (Å²) in [5, 5.41) is 9.64. The Labute approximate surface area is 375 Å². The Hall–Kier alpha value is -1.36. The highest BCUT2D eigenvalue weighted by atomic mass is 16.6. The number of esters is 2. The van der Waals surface area contributed by atoms with Crippen LogP contribution < -0.4 is 0 Å². The number of allylic oxidation sites excluding steroid dienone is 2. The first-order valence-corrected chi connectivity index (χ1v) is 27.2. The first-order valence-electron chi connectivity index (χ1n) is 27.2. The second-order valence-corrected chi connectivity index (χ2v) is 18.7. The Morgan fingerprint density at radius 1 is 0.367 bits per heavy atom. The average Bonchev–Trinajstić information content (AvgIpc) is 3.25. The second kappa shape index (κ2) is 52.0. The fraction of sp³-hybridized carbons (Fsp3) is 0.927. The topological polar surface area (TPSA) is 72.8 Å². The van der Waals surface area contributed by atoms with Gasteiger partial charge in [-0.2, -0.15) is 0 Å². The maximum Gasteiger partial charge on any atom is 0.306 e. The van der Waals surface area contributed by atoms with Crippen molar-refractivity contribution < 1.29 is 24.2 Å². The first-order chi connectivity index (χ1) is 29.6. The lowest BCUT2D eigenvalue weighted by Gasteiger charge is -2.15. The lowest BCUT2D eigenvalue weighted by atomic mass is 10.0. The Morgan fingerprint density at radius 2 is 0.617 bits per heavy atom. The molecule has 0 bridgehead atoms. The lowest BCUT2D eigenvalue weighted by Crippen LogP contribution is -2.28. The van der Waals surface area contributed by atoms with Crippen molar-refractivity contribution in [1.82, 2.24) is 0 Å². The predicted octanol–water partition coefficient (Wildman–Crippen LogP) is 18.0. The van der Waals surface area contributed by atoms with E-state index in [4.69, 9.17) is 9.47 Å². The van der Waals surface area contributed by atoms with Gasteiger partial charge >= 0.3 is 11.9 Å². The van der Waals surface area contributed by atoms with Crippen LogP contribution in [-0.4, -0.2) is 36.4 Å². The monoisotopic (exact) mass is 847 g/mol. The molecule has 0 radical (unpaired) electrons. The molecule has 0 aromatic rings. The fourth-order valence-electron chi connectivity index (χ4n) is 8.44. The van der Waals surface area contributed by atoms with E-state index in [1.54, 1.807) is 0 Å². The highest BCUT2D eigenvalue weighted by Gasteiger charge is 2.16. The average molecular weight is 847 g/mol. The number of carbonyl (C=O) groups is 2. The summed E-state index contributed by atoms with van der Waals surface area (Å²) in [5.41, 5.74) is 0. The molecule has 0 aromatic carbocycles. The molecule has 0 rings (SSSR count). The molecule has 0 saturated carbocycles. The van der Waals surface area contributed by atoms with Crippen LogP contribution in [0.15, 0.2) is 12.2 Å². The Balaban J connectivity index is 3.42. The van der Waals surface area contributed by atoms with Gasteiger partial charge in [0.15, 0.2) is 6.10 Å². The molecule has 356 valence electrons. The van der Waals surface area contributed by atoms with E-state index < -0.39 is 6.10 Å². The maximum absolute atomic E-state index is 12.3. The van der Waals surface area contributed by atoms with E-state index in [0.29, 0.717) is 12.8 Å². The maximum atomic E-state index is 12.3. The van der Waals surface area contributed by atoms with E-state index >= 15 is 0 Å². The SMILES string of the molecule is CCCCCCCCCC/C=C\CCCCCCCCCCCCCCCCCC(=O)OC(CO)COC(=O)CCCCCCCCCCCCCCCCCCCCC. The molecule has 60 heavy (non-hydrogen) atoms. The Kier molecular flexibility index (Phi) is 50.8. The van der Waals surface area contributed by atoms with Gasteiger partial charge < -0.3 is 14.6 Å². The Bertz CT molecular complexity index is 871. The number of hydrogen-bond donors (Lipinski definition) is 1. The van der Waals surface area contributed by atoms with Crippen molar-refractivity contribution in [2.75, 3.05) is 13.2 Å². The second-order valence-electron chi connectivity index (χ2n) is 18.7. The van der Waals surface area contributed by atoms with Crippen LogP contribution in [0.3, 0.4) is 0 Å². The van der Waals surface area contributed by atoms with Gasteiger partial charge in [-0.25, -0.2) is 0 Å². The molecular weight excluding hydrogens is 741 g/mol. The highest BCUT2D eigenvalue weighted by molar-refractivity contribution is 5.70. The van der Waals surface area contributed by atoms with Crippen LogP contribution in [0, 0.1) is 0 Å². The smallest absolute Gasteiger partial charge is 0.306 e.